The number of benzene rings is 1. The number of hydrogen-bond acceptors (Lipinski definition) is 4. The molecule has 1 aromatic carbocycles. The van der Waals surface area contributed by atoms with Crippen LogP contribution in [0.1, 0.15) is 38.1 Å². The van der Waals surface area contributed by atoms with Gasteiger partial charge in [0.25, 0.3) is 0 Å². The number of nitrogens with zero attached hydrogens (tertiary/aromatic N) is 3. The van der Waals surface area contributed by atoms with Gasteiger partial charge < -0.3 is 5.32 Å². The molecule has 2 rings (SSSR count). The van der Waals surface area contributed by atoms with E-state index in [4.69, 9.17) is 0 Å². The van der Waals surface area contributed by atoms with Crippen LogP contribution in [0.2, 0.25) is 0 Å². The Morgan fingerprint density at radius 1 is 1.35 bits per heavy atom. The van der Waals surface area contributed by atoms with E-state index < -0.39 is 0 Å². The summed E-state index contributed by atoms with van der Waals surface area (Å²) in [6, 6.07) is 8.39. The van der Waals surface area contributed by atoms with Crippen LogP contribution in [0.25, 0.3) is 5.69 Å². The highest BCUT2D eigenvalue weighted by Crippen LogP contribution is 2.22. The van der Waals surface area contributed by atoms with Gasteiger partial charge in [0.1, 0.15) is 5.82 Å². The van der Waals surface area contributed by atoms with Gasteiger partial charge in [-0.25, -0.2) is 0 Å². The molecule has 1 atom stereocenters. The third-order valence-electron chi connectivity index (χ3n) is 3.52. The number of aromatic nitrogens is 3. The fourth-order valence-electron chi connectivity index (χ4n) is 2.45. The minimum Gasteiger partial charge on any atom is -0.353 e. The molecule has 1 unspecified atom stereocenters. The predicted octanol–water partition coefficient (Wildman–Crippen LogP) is 3.28. The minimum atomic E-state index is 0.0346. The molecule has 1 aromatic heterocycles. The lowest BCUT2D eigenvalue weighted by atomic mass is 10.2. The average Bonchev–Trinajstić information content (AvgIpc) is 2.86. The molecule has 0 bridgehead atoms. The number of amides is 1. The topological polar surface area (TPSA) is 59.8 Å². The quantitative estimate of drug-likeness (QED) is 0.791. The molecule has 0 saturated carbocycles. The Hall–Kier alpha value is -1.82. The molecule has 0 aliphatic heterocycles. The first-order valence-electron chi connectivity index (χ1n) is 7.92. The van der Waals surface area contributed by atoms with Crippen LogP contribution in [0.4, 0.5) is 0 Å². The zero-order chi connectivity index (χ0) is 16.8. The van der Waals surface area contributed by atoms with Gasteiger partial charge in [-0.05, 0) is 44.9 Å². The van der Waals surface area contributed by atoms with Crippen molar-refractivity contribution in [2.24, 2.45) is 0 Å². The summed E-state index contributed by atoms with van der Waals surface area (Å²) < 4.78 is 1.99. The molecular weight excluding hydrogens is 308 g/mol. The van der Waals surface area contributed by atoms with Crippen molar-refractivity contribution < 1.29 is 4.79 Å². The summed E-state index contributed by atoms with van der Waals surface area (Å²) in [5.74, 6) is 1.20. The molecule has 1 N–H and O–H groups in total. The Labute approximate surface area is 141 Å². The van der Waals surface area contributed by atoms with E-state index in [9.17, 15) is 4.79 Å². The van der Waals surface area contributed by atoms with Gasteiger partial charge in [-0.2, -0.15) is 0 Å². The third kappa shape index (κ3) is 4.82. The molecule has 0 aliphatic carbocycles. The maximum Gasteiger partial charge on any atom is 0.230 e. The van der Waals surface area contributed by atoms with E-state index in [1.165, 1.54) is 17.3 Å². The number of carbonyl (C=O) groups is 1. The van der Waals surface area contributed by atoms with Crippen molar-refractivity contribution in [3.8, 4) is 5.69 Å². The van der Waals surface area contributed by atoms with E-state index in [1.54, 1.807) is 0 Å². The molecular formula is C17H24N4OS. The second-order valence-corrected chi connectivity index (χ2v) is 6.69. The van der Waals surface area contributed by atoms with Gasteiger partial charge in [0.2, 0.25) is 5.91 Å². The Bertz CT molecular complexity index is 668. The van der Waals surface area contributed by atoms with Crippen LogP contribution < -0.4 is 5.32 Å². The maximum absolute atomic E-state index is 12.0. The molecule has 0 aliphatic rings. The van der Waals surface area contributed by atoms with E-state index in [0.29, 0.717) is 5.75 Å². The highest BCUT2D eigenvalue weighted by Gasteiger charge is 2.14. The van der Waals surface area contributed by atoms with Gasteiger partial charge in [-0.3, -0.25) is 9.36 Å². The molecule has 0 radical (unpaired) electrons. The SMILES string of the molecule is CCCC(C)NC(=O)CSc1nnc(C)n1-c1cccc(C)c1. The molecule has 6 heteroatoms. The predicted molar refractivity (Wildman–Crippen MR) is 94.1 cm³/mol. The summed E-state index contributed by atoms with van der Waals surface area (Å²) in [7, 11) is 0. The summed E-state index contributed by atoms with van der Waals surface area (Å²) in [5.41, 5.74) is 2.20. The van der Waals surface area contributed by atoms with Crippen LogP contribution in [0.15, 0.2) is 29.4 Å². The van der Waals surface area contributed by atoms with E-state index in [1.807, 2.05) is 30.5 Å². The molecule has 124 valence electrons. The maximum atomic E-state index is 12.0. The van der Waals surface area contributed by atoms with Crippen molar-refractivity contribution >= 4 is 17.7 Å². The van der Waals surface area contributed by atoms with Crippen LogP contribution >= 0.6 is 11.8 Å². The highest BCUT2D eigenvalue weighted by molar-refractivity contribution is 7.99. The molecule has 5 nitrogen and oxygen atoms in total. The van der Waals surface area contributed by atoms with Crippen molar-refractivity contribution in [1.82, 2.24) is 20.1 Å². The molecule has 0 spiro atoms. The minimum absolute atomic E-state index is 0.0346. The molecule has 1 amide bonds. The van der Waals surface area contributed by atoms with Gasteiger partial charge in [0.15, 0.2) is 5.16 Å². The fraction of sp³-hybridized carbons (Fsp3) is 0.471. The summed E-state index contributed by atoms with van der Waals surface area (Å²) in [5, 5.41) is 12.1. The Kier molecular flexibility index (Phi) is 6.21. The summed E-state index contributed by atoms with van der Waals surface area (Å²) in [6.45, 7) is 8.12. The van der Waals surface area contributed by atoms with Gasteiger partial charge in [0.05, 0.1) is 5.75 Å². The van der Waals surface area contributed by atoms with Gasteiger partial charge in [0, 0.05) is 11.7 Å². The second kappa shape index (κ2) is 8.15. The number of rotatable bonds is 7. The zero-order valence-electron chi connectivity index (χ0n) is 14.2. The van der Waals surface area contributed by atoms with Crippen molar-refractivity contribution in [3.05, 3.63) is 35.7 Å². The molecule has 0 fully saturated rings. The smallest absolute Gasteiger partial charge is 0.230 e. The lowest BCUT2D eigenvalue weighted by Crippen LogP contribution is -2.33. The molecule has 2 aromatic rings. The van der Waals surface area contributed by atoms with E-state index in [0.717, 1.165) is 29.5 Å². The first-order chi connectivity index (χ1) is 11.0. The Morgan fingerprint density at radius 2 is 2.13 bits per heavy atom. The number of thioether (sulfide) groups is 1. The number of aryl methyl sites for hydroxylation is 2. The first-order valence-corrected chi connectivity index (χ1v) is 8.91. The van der Waals surface area contributed by atoms with E-state index in [-0.39, 0.29) is 11.9 Å². The normalized spacial score (nSPS) is 12.2. The number of nitrogens with one attached hydrogen (secondary N) is 1. The van der Waals surface area contributed by atoms with Crippen LogP contribution in [0, 0.1) is 13.8 Å². The monoisotopic (exact) mass is 332 g/mol. The summed E-state index contributed by atoms with van der Waals surface area (Å²) >= 11 is 1.41. The van der Waals surface area contributed by atoms with Gasteiger partial charge >= 0.3 is 0 Å². The zero-order valence-corrected chi connectivity index (χ0v) is 15.0. The van der Waals surface area contributed by atoms with Crippen molar-refractivity contribution in [1.29, 1.82) is 0 Å². The fourth-order valence-corrected chi connectivity index (χ4v) is 3.26. The van der Waals surface area contributed by atoms with Crippen LogP contribution in [-0.2, 0) is 4.79 Å². The second-order valence-electron chi connectivity index (χ2n) is 5.75. The summed E-state index contributed by atoms with van der Waals surface area (Å²) in [6.07, 6.45) is 2.06. The lowest BCUT2D eigenvalue weighted by Gasteiger charge is -2.13. The van der Waals surface area contributed by atoms with Crippen molar-refractivity contribution in [2.45, 2.75) is 51.7 Å². The lowest BCUT2D eigenvalue weighted by molar-refractivity contribution is -0.119. The number of hydrogen-bond donors (Lipinski definition) is 1. The number of carbonyl (C=O) groups excluding carboxylic acids is 1. The Balaban J connectivity index is 2.06. The molecule has 23 heavy (non-hydrogen) atoms. The van der Waals surface area contributed by atoms with E-state index >= 15 is 0 Å². The third-order valence-corrected chi connectivity index (χ3v) is 4.45. The van der Waals surface area contributed by atoms with Crippen LogP contribution in [0.5, 0.6) is 0 Å². The summed E-state index contributed by atoms with van der Waals surface area (Å²) in [4.78, 5) is 12.0. The molecule has 1 heterocycles. The van der Waals surface area contributed by atoms with Crippen LogP contribution in [0.3, 0.4) is 0 Å². The van der Waals surface area contributed by atoms with Crippen LogP contribution in [-0.4, -0.2) is 32.5 Å². The average molecular weight is 332 g/mol. The van der Waals surface area contributed by atoms with Gasteiger partial charge in [-0.1, -0.05) is 37.2 Å². The largest absolute Gasteiger partial charge is 0.353 e. The standard InChI is InChI=1S/C17H24N4OS/c1-5-7-13(3)18-16(22)11-23-17-20-19-14(4)21(17)15-9-6-8-12(2)10-15/h6,8-10,13H,5,7,11H2,1-4H3,(H,18,22). The first kappa shape index (κ1) is 17.5. The van der Waals surface area contributed by atoms with Crippen molar-refractivity contribution in [3.63, 3.8) is 0 Å². The Morgan fingerprint density at radius 3 is 2.83 bits per heavy atom. The molecule has 0 saturated heterocycles. The van der Waals surface area contributed by atoms with Crippen molar-refractivity contribution in [2.75, 3.05) is 5.75 Å². The van der Waals surface area contributed by atoms with E-state index in [2.05, 4.69) is 41.5 Å². The van der Waals surface area contributed by atoms with Gasteiger partial charge in [-0.15, -0.1) is 10.2 Å². The highest BCUT2D eigenvalue weighted by atomic mass is 32.2.